The number of benzene rings is 2. The molecule has 5 heteroatoms. The molecule has 0 aromatic heterocycles. The Morgan fingerprint density at radius 1 is 1.00 bits per heavy atom. The SMILES string of the molecule is COc1ccc(N2C(=O)[C@H]3CN(C)c4ccccc4[C@H]3C2=O)cc1. The molecule has 0 unspecified atom stereocenters. The Balaban J connectivity index is 1.76. The normalized spacial score (nSPS) is 22.4. The summed E-state index contributed by atoms with van der Waals surface area (Å²) in [6, 6.07) is 14.9. The average molecular weight is 322 g/mol. The molecule has 1 saturated heterocycles. The van der Waals surface area contributed by atoms with Crippen molar-refractivity contribution in [3.05, 3.63) is 54.1 Å². The van der Waals surface area contributed by atoms with Crippen molar-refractivity contribution in [3.8, 4) is 5.75 Å². The average Bonchev–Trinajstić information content (AvgIpc) is 2.86. The van der Waals surface area contributed by atoms with Gasteiger partial charge in [-0.3, -0.25) is 9.59 Å². The molecule has 5 nitrogen and oxygen atoms in total. The molecule has 4 rings (SSSR count). The van der Waals surface area contributed by atoms with Gasteiger partial charge < -0.3 is 9.64 Å². The molecule has 122 valence electrons. The lowest BCUT2D eigenvalue weighted by atomic mass is 9.83. The van der Waals surface area contributed by atoms with Crippen LogP contribution in [0.2, 0.25) is 0 Å². The lowest BCUT2D eigenvalue weighted by Crippen LogP contribution is -2.37. The van der Waals surface area contributed by atoms with Crippen LogP contribution in [0.15, 0.2) is 48.5 Å². The second kappa shape index (κ2) is 5.37. The topological polar surface area (TPSA) is 49.9 Å². The summed E-state index contributed by atoms with van der Waals surface area (Å²) in [4.78, 5) is 29.3. The molecule has 0 N–H and O–H groups in total. The highest BCUT2D eigenvalue weighted by Crippen LogP contribution is 2.45. The van der Waals surface area contributed by atoms with Gasteiger partial charge in [-0.1, -0.05) is 18.2 Å². The quantitative estimate of drug-likeness (QED) is 0.797. The van der Waals surface area contributed by atoms with E-state index in [1.54, 1.807) is 31.4 Å². The van der Waals surface area contributed by atoms with Gasteiger partial charge in [0.15, 0.2) is 0 Å². The van der Waals surface area contributed by atoms with Crippen molar-refractivity contribution in [2.75, 3.05) is 30.5 Å². The van der Waals surface area contributed by atoms with Crippen molar-refractivity contribution >= 4 is 23.2 Å². The van der Waals surface area contributed by atoms with Crippen LogP contribution in [0.4, 0.5) is 11.4 Å². The number of hydrogen-bond donors (Lipinski definition) is 0. The fourth-order valence-electron chi connectivity index (χ4n) is 3.74. The number of imide groups is 1. The predicted octanol–water partition coefficient (Wildman–Crippen LogP) is 2.42. The second-order valence-electron chi connectivity index (χ2n) is 6.23. The van der Waals surface area contributed by atoms with Gasteiger partial charge in [-0.15, -0.1) is 0 Å². The summed E-state index contributed by atoms with van der Waals surface area (Å²) in [6.07, 6.45) is 0. The van der Waals surface area contributed by atoms with E-state index in [2.05, 4.69) is 4.90 Å². The standard InChI is InChI=1S/C19H18N2O3/c1-20-11-15-17(14-5-3-4-6-16(14)20)19(23)21(18(15)22)12-7-9-13(24-2)10-8-12/h3-10,15,17H,11H2,1-2H3/t15-,17+/m0/s1. The van der Waals surface area contributed by atoms with Gasteiger partial charge in [0.25, 0.3) is 0 Å². The predicted molar refractivity (Wildman–Crippen MR) is 91.4 cm³/mol. The Bertz CT molecular complexity index is 816. The van der Waals surface area contributed by atoms with Crippen LogP contribution < -0.4 is 14.5 Å². The minimum atomic E-state index is -0.396. The monoisotopic (exact) mass is 322 g/mol. The third-order valence-electron chi connectivity index (χ3n) is 4.91. The van der Waals surface area contributed by atoms with Crippen molar-refractivity contribution in [3.63, 3.8) is 0 Å². The largest absolute Gasteiger partial charge is 0.497 e. The second-order valence-corrected chi connectivity index (χ2v) is 6.23. The fourth-order valence-corrected chi connectivity index (χ4v) is 3.74. The first-order chi connectivity index (χ1) is 11.6. The smallest absolute Gasteiger partial charge is 0.242 e. The molecular formula is C19H18N2O3. The Labute approximate surface area is 140 Å². The number of carbonyl (C=O) groups is 2. The van der Waals surface area contributed by atoms with E-state index in [0.717, 1.165) is 11.3 Å². The molecular weight excluding hydrogens is 304 g/mol. The maximum absolute atomic E-state index is 13.0. The Kier molecular flexibility index (Phi) is 3.30. The molecule has 2 aromatic carbocycles. The van der Waals surface area contributed by atoms with Crippen LogP contribution in [0, 0.1) is 5.92 Å². The van der Waals surface area contributed by atoms with Gasteiger partial charge in [0.2, 0.25) is 11.8 Å². The number of hydrogen-bond acceptors (Lipinski definition) is 4. The van der Waals surface area contributed by atoms with Crippen LogP contribution in [-0.2, 0) is 9.59 Å². The molecule has 0 spiro atoms. The molecule has 24 heavy (non-hydrogen) atoms. The minimum absolute atomic E-state index is 0.128. The van der Waals surface area contributed by atoms with E-state index in [4.69, 9.17) is 4.74 Å². The molecule has 1 fully saturated rings. The number of fused-ring (bicyclic) bond motifs is 3. The third kappa shape index (κ3) is 2.01. The van der Waals surface area contributed by atoms with Crippen LogP contribution >= 0.6 is 0 Å². The summed E-state index contributed by atoms with van der Waals surface area (Å²) >= 11 is 0. The maximum atomic E-state index is 13.0. The number of para-hydroxylation sites is 1. The molecule has 2 aromatic rings. The number of amides is 2. The minimum Gasteiger partial charge on any atom is -0.497 e. The van der Waals surface area contributed by atoms with E-state index >= 15 is 0 Å². The number of methoxy groups -OCH3 is 1. The number of anilines is 2. The molecule has 2 aliphatic rings. The maximum Gasteiger partial charge on any atom is 0.242 e. The summed E-state index contributed by atoms with van der Waals surface area (Å²) < 4.78 is 5.15. The lowest BCUT2D eigenvalue weighted by molar-refractivity contribution is -0.122. The van der Waals surface area contributed by atoms with Gasteiger partial charge in [0, 0.05) is 19.3 Å². The summed E-state index contributed by atoms with van der Waals surface area (Å²) in [7, 11) is 3.55. The lowest BCUT2D eigenvalue weighted by Gasteiger charge is -2.33. The van der Waals surface area contributed by atoms with Crippen molar-refractivity contribution < 1.29 is 14.3 Å². The van der Waals surface area contributed by atoms with Crippen molar-refractivity contribution in [2.24, 2.45) is 5.92 Å². The molecule has 0 bridgehead atoms. The zero-order valence-electron chi connectivity index (χ0n) is 13.6. The van der Waals surface area contributed by atoms with E-state index in [0.29, 0.717) is 18.0 Å². The fraction of sp³-hybridized carbons (Fsp3) is 0.263. The molecule has 0 saturated carbocycles. The highest BCUT2D eigenvalue weighted by Gasteiger charge is 2.52. The van der Waals surface area contributed by atoms with Gasteiger partial charge in [0.1, 0.15) is 5.75 Å². The van der Waals surface area contributed by atoms with Gasteiger partial charge in [-0.05, 0) is 35.9 Å². The molecule has 2 heterocycles. The number of rotatable bonds is 2. The first kappa shape index (κ1) is 14.8. The van der Waals surface area contributed by atoms with Crippen LogP contribution in [-0.4, -0.2) is 32.5 Å². The van der Waals surface area contributed by atoms with Crippen molar-refractivity contribution in [1.29, 1.82) is 0 Å². The summed E-state index contributed by atoms with van der Waals surface area (Å²) in [5.41, 5.74) is 2.56. The number of nitrogens with zero attached hydrogens (tertiary/aromatic N) is 2. The highest BCUT2D eigenvalue weighted by molar-refractivity contribution is 6.24. The molecule has 2 atom stereocenters. The van der Waals surface area contributed by atoms with E-state index in [-0.39, 0.29) is 17.7 Å². The zero-order chi connectivity index (χ0) is 16.8. The van der Waals surface area contributed by atoms with Crippen LogP contribution in [0.25, 0.3) is 0 Å². The first-order valence-electron chi connectivity index (χ1n) is 7.93. The van der Waals surface area contributed by atoms with Gasteiger partial charge in [-0.2, -0.15) is 0 Å². The van der Waals surface area contributed by atoms with Gasteiger partial charge in [0.05, 0.1) is 24.6 Å². The number of carbonyl (C=O) groups excluding carboxylic acids is 2. The van der Waals surface area contributed by atoms with Crippen molar-refractivity contribution in [2.45, 2.75) is 5.92 Å². The Morgan fingerprint density at radius 3 is 2.42 bits per heavy atom. The summed E-state index contributed by atoms with van der Waals surface area (Å²) in [5.74, 6) is -0.306. The summed E-state index contributed by atoms with van der Waals surface area (Å²) in [6.45, 7) is 0.554. The van der Waals surface area contributed by atoms with E-state index in [9.17, 15) is 9.59 Å². The first-order valence-corrected chi connectivity index (χ1v) is 7.93. The summed E-state index contributed by atoms with van der Waals surface area (Å²) in [5, 5.41) is 0. The van der Waals surface area contributed by atoms with Crippen LogP contribution in [0.5, 0.6) is 5.75 Å². The highest BCUT2D eigenvalue weighted by atomic mass is 16.5. The molecule has 2 aliphatic heterocycles. The van der Waals surface area contributed by atoms with Gasteiger partial charge >= 0.3 is 0 Å². The Hall–Kier alpha value is -2.82. The van der Waals surface area contributed by atoms with Crippen LogP contribution in [0.3, 0.4) is 0 Å². The zero-order valence-corrected chi connectivity index (χ0v) is 13.6. The van der Waals surface area contributed by atoms with E-state index in [1.165, 1.54) is 4.90 Å². The molecule has 0 aliphatic carbocycles. The molecule has 0 radical (unpaired) electrons. The molecule has 2 amide bonds. The van der Waals surface area contributed by atoms with Gasteiger partial charge in [-0.25, -0.2) is 4.90 Å². The number of ether oxygens (including phenoxy) is 1. The third-order valence-corrected chi connectivity index (χ3v) is 4.91. The van der Waals surface area contributed by atoms with E-state index in [1.807, 2.05) is 31.3 Å². The van der Waals surface area contributed by atoms with Crippen molar-refractivity contribution in [1.82, 2.24) is 0 Å². The Morgan fingerprint density at radius 2 is 1.71 bits per heavy atom. The van der Waals surface area contributed by atoms with E-state index < -0.39 is 5.92 Å². The van der Waals surface area contributed by atoms with Crippen LogP contribution in [0.1, 0.15) is 11.5 Å².